The van der Waals surface area contributed by atoms with Crippen LogP contribution < -0.4 is 5.32 Å². The lowest BCUT2D eigenvalue weighted by Gasteiger charge is -2.20. The second-order valence-electron chi connectivity index (χ2n) is 6.16. The van der Waals surface area contributed by atoms with Crippen molar-refractivity contribution in [3.8, 4) is 0 Å². The zero-order valence-electron chi connectivity index (χ0n) is 14.5. The van der Waals surface area contributed by atoms with Crippen molar-refractivity contribution in [2.75, 3.05) is 6.54 Å². The topological polar surface area (TPSA) is 47.6 Å². The molecule has 0 atom stereocenters. The van der Waals surface area contributed by atoms with Crippen LogP contribution in [0.3, 0.4) is 0 Å². The summed E-state index contributed by atoms with van der Waals surface area (Å²) >= 11 is 0. The van der Waals surface area contributed by atoms with Crippen LogP contribution in [0.2, 0.25) is 0 Å². The van der Waals surface area contributed by atoms with E-state index in [1.165, 1.54) is 0 Å². The molecule has 23 heavy (non-hydrogen) atoms. The fraction of sp³-hybridized carbons (Fsp3) is 0.421. The third-order valence-electron chi connectivity index (χ3n) is 3.04. The number of benzene rings is 1. The highest BCUT2D eigenvalue weighted by Crippen LogP contribution is 2.14. The Labute approximate surface area is 139 Å². The number of carbonyl (C=O) groups is 1. The molecular formula is C19H27NO3. The Hall–Kier alpha value is -2.23. The predicted octanol–water partition coefficient (Wildman–Crippen LogP) is 4.58. The molecular weight excluding hydrogens is 290 g/mol. The van der Waals surface area contributed by atoms with E-state index >= 15 is 0 Å². The van der Waals surface area contributed by atoms with Crippen LogP contribution in [0.5, 0.6) is 0 Å². The third kappa shape index (κ3) is 7.54. The monoisotopic (exact) mass is 317 g/mol. The number of nitrogens with one attached hydrogen (secondary N) is 1. The van der Waals surface area contributed by atoms with Crippen molar-refractivity contribution in [1.29, 1.82) is 0 Å². The second kappa shape index (κ2) is 9.03. The van der Waals surface area contributed by atoms with Crippen LogP contribution in [0.15, 0.2) is 54.3 Å². The molecule has 0 aromatic heterocycles. The minimum atomic E-state index is -0.509. The van der Waals surface area contributed by atoms with E-state index in [9.17, 15) is 4.79 Å². The fourth-order valence-electron chi connectivity index (χ4n) is 1.92. The van der Waals surface area contributed by atoms with Gasteiger partial charge >= 0.3 is 6.09 Å². The summed E-state index contributed by atoms with van der Waals surface area (Å²) in [7, 11) is 0. The van der Waals surface area contributed by atoms with Gasteiger partial charge in [-0.1, -0.05) is 43.8 Å². The smallest absolute Gasteiger partial charge is 0.407 e. The van der Waals surface area contributed by atoms with Gasteiger partial charge in [-0.25, -0.2) is 4.79 Å². The van der Waals surface area contributed by atoms with E-state index in [-0.39, 0.29) is 0 Å². The molecule has 4 nitrogen and oxygen atoms in total. The highest BCUT2D eigenvalue weighted by Gasteiger charge is 2.16. The summed E-state index contributed by atoms with van der Waals surface area (Å²) in [6.07, 6.45) is 2.00. The first kappa shape index (κ1) is 18.8. The van der Waals surface area contributed by atoms with Gasteiger partial charge in [-0.3, -0.25) is 0 Å². The number of alkyl carbamates (subject to hydrolysis) is 1. The summed E-state index contributed by atoms with van der Waals surface area (Å²) in [4.78, 5) is 11.7. The Morgan fingerprint density at radius 3 is 2.43 bits per heavy atom. The molecule has 0 aliphatic carbocycles. The van der Waals surface area contributed by atoms with Crippen LogP contribution in [-0.2, 0) is 16.1 Å². The van der Waals surface area contributed by atoms with E-state index in [0.29, 0.717) is 18.9 Å². The Kier molecular flexibility index (Phi) is 7.39. The van der Waals surface area contributed by atoms with Crippen LogP contribution in [0.4, 0.5) is 4.79 Å². The minimum absolute atomic E-state index is 0.377. The Bertz CT molecular complexity index is 541. The number of allylic oxidation sites excluding steroid dienone is 1. The second-order valence-corrected chi connectivity index (χ2v) is 6.16. The fourth-order valence-corrected chi connectivity index (χ4v) is 1.92. The summed E-state index contributed by atoms with van der Waals surface area (Å²) < 4.78 is 11.1. The molecule has 0 aliphatic rings. The van der Waals surface area contributed by atoms with Gasteiger partial charge in [-0.2, -0.15) is 0 Å². The third-order valence-corrected chi connectivity index (χ3v) is 3.04. The van der Waals surface area contributed by atoms with Gasteiger partial charge < -0.3 is 14.8 Å². The summed E-state index contributed by atoms with van der Waals surface area (Å²) in [5.74, 6) is 0.701. The maximum Gasteiger partial charge on any atom is 0.407 e. The maximum atomic E-state index is 11.7. The zero-order chi connectivity index (χ0) is 17.3. The largest absolute Gasteiger partial charge is 0.489 e. The Balaban J connectivity index is 2.64. The highest BCUT2D eigenvalue weighted by atomic mass is 16.6. The lowest BCUT2D eigenvalue weighted by molar-refractivity contribution is 0.0531. The average Bonchev–Trinajstić information content (AvgIpc) is 2.49. The first-order valence-electron chi connectivity index (χ1n) is 7.83. The van der Waals surface area contributed by atoms with E-state index in [0.717, 1.165) is 17.6 Å². The van der Waals surface area contributed by atoms with Crippen LogP contribution >= 0.6 is 0 Å². The van der Waals surface area contributed by atoms with Crippen molar-refractivity contribution >= 4 is 6.09 Å². The van der Waals surface area contributed by atoms with Gasteiger partial charge in [0.25, 0.3) is 0 Å². The van der Waals surface area contributed by atoms with Gasteiger partial charge in [0.2, 0.25) is 0 Å². The van der Waals surface area contributed by atoms with Crippen molar-refractivity contribution in [3.05, 3.63) is 59.9 Å². The molecule has 0 saturated heterocycles. The van der Waals surface area contributed by atoms with E-state index in [1.54, 1.807) is 6.08 Å². The summed E-state index contributed by atoms with van der Waals surface area (Å²) in [6.45, 7) is 12.2. The van der Waals surface area contributed by atoms with E-state index in [1.807, 2.05) is 58.0 Å². The number of ether oxygens (including phenoxy) is 2. The molecule has 1 aromatic rings. The number of hydrogen-bond acceptors (Lipinski definition) is 3. The van der Waals surface area contributed by atoms with Gasteiger partial charge in [-0.15, -0.1) is 0 Å². The van der Waals surface area contributed by atoms with Crippen molar-refractivity contribution in [3.63, 3.8) is 0 Å². The van der Waals surface area contributed by atoms with Crippen LogP contribution in [0, 0.1) is 0 Å². The van der Waals surface area contributed by atoms with Gasteiger partial charge in [-0.05, 0) is 44.4 Å². The molecule has 1 rings (SSSR count). The minimum Gasteiger partial charge on any atom is -0.489 e. The quantitative estimate of drug-likeness (QED) is 0.591. The number of hydrogen-bond donors (Lipinski definition) is 1. The first-order valence-corrected chi connectivity index (χ1v) is 7.83. The van der Waals surface area contributed by atoms with Crippen molar-refractivity contribution < 1.29 is 14.3 Å². The number of carbonyl (C=O) groups excluding carboxylic acids is 1. The first-order chi connectivity index (χ1) is 10.9. The number of amides is 1. The van der Waals surface area contributed by atoms with Crippen LogP contribution in [0.25, 0.3) is 0 Å². The van der Waals surface area contributed by atoms with Gasteiger partial charge in [0.15, 0.2) is 0 Å². The molecule has 0 unspecified atom stereocenters. The zero-order valence-corrected chi connectivity index (χ0v) is 14.5. The van der Waals surface area contributed by atoms with Crippen molar-refractivity contribution in [1.82, 2.24) is 5.32 Å². The maximum absolute atomic E-state index is 11.7. The normalized spacial score (nSPS) is 12.2. The van der Waals surface area contributed by atoms with Crippen LogP contribution in [-0.4, -0.2) is 18.2 Å². The molecule has 126 valence electrons. The van der Waals surface area contributed by atoms with E-state index in [4.69, 9.17) is 9.47 Å². The Morgan fingerprint density at radius 2 is 1.91 bits per heavy atom. The van der Waals surface area contributed by atoms with E-state index < -0.39 is 11.7 Å². The lowest BCUT2D eigenvalue weighted by Crippen LogP contribution is -2.33. The highest BCUT2D eigenvalue weighted by molar-refractivity contribution is 5.68. The molecule has 0 aliphatic heterocycles. The molecule has 0 radical (unpaired) electrons. The molecule has 1 amide bonds. The summed E-state index contributed by atoms with van der Waals surface area (Å²) in [5, 5.41) is 2.76. The summed E-state index contributed by atoms with van der Waals surface area (Å²) in [6, 6.07) is 9.92. The summed E-state index contributed by atoms with van der Waals surface area (Å²) in [5.41, 5.74) is 1.55. The Morgan fingerprint density at radius 1 is 1.26 bits per heavy atom. The lowest BCUT2D eigenvalue weighted by atomic mass is 10.1. The van der Waals surface area contributed by atoms with Crippen LogP contribution in [0.1, 0.15) is 39.7 Å². The van der Waals surface area contributed by atoms with Crippen molar-refractivity contribution in [2.24, 2.45) is 0 Å². The molecule has 1 aromatic carbocycles. The molecule has 0 heterocycles. The molecule has 0 bridgehead atoms. The molecule has 0 spiro atoms. The molecule has 1 N–H and O–H groups in total. The van der Waals surface area contributed by atoms with Gasteiger partial charge in [0, 0.05) is 6.54 Å². The van der Waals surface area contributed by atoms with E-state index in [2.05, 4.69) is 11.9 Å². The molecule has 4 heteroatoms. The predicted molar refractivity (Wildman–Crippen MR) is 93.0 cm³/mol. The average molecular weight is 317 g/mol. The standard InChI is InChI=1S/C19H27NO3/c1-6-16(13-20-18(21)23-19(3,4)5)17(7-2)22-14-15-11-9-8-10-12-15/h7-12H,2,6,13-14H2,1,3-5H3,(H,20,21)/b17-16-. The van der Waals surface area contributed by atoms with Crippen molar-refractivity contribution in [2.45, 2.75) is 46.3 Å². The molecule has 0 saturated carbocycles. The molecule has 0 fully saturated rings. The van der Waals surface area contributed by atoms with Gasteiger partial charge in [0.1, 0.15) is 18.0 Å². The SMILES string of the molecule is C=C/C(OCc1ccccc1)=C(\CC)CNC(=O)OC(C)(C)C. The number of rotatable bonds is 7. The van der Waals surface area contributed by atoms with Gasteiger partial charge in [0.05, 0.1) is 0 Å².